The number of carbonyl (C=O) groups is 2. The smallest absolute Gasteiger partial charge is 0.359 e. The van der Waals surface area contributed by atoms with Gasteiger partial charge < -0.3 is 14.0 Å². The maximum atomic E-state index is 11.6. The first-order valence-electron chi connectivity index (χ1n) is 4.76. The summed E-state index contributed by atoms with van der Waals surface area (Å²) in [5.41, 5.74) is 0.0902. The summed E-state index contributed by atoms with van der Waals surface area (Å²) in [6.07, 6.45) is 1.42. The van der Waals surface area contributed by atoms with Crippen LogP contribution in [0.5, 0.6) is 0 Å². The first-order valence-corrected chi connectivity index (χ1v) is 4.76. The van der Waals surface area contributed by atoms with E-state index in [0.29, 0.717) is 0 Å². The minimum Gasteiger partial charge on any atom is -0.464 e. The Kier molecular flexibility index (Phi) is 3.65. The molecule has 0 unspecified atom stereocenters. The highest BCUT2D eigenvalue weighted by molar-refractivity contribution is 6.00. The van der Waals surface area contributed by atoms with Crippen LogP contribution in [0.15, 0.2) is 6.33 Å². The Balaban J connectivity index is 3.30. The van der Waals surface area contributed by atoms with Gasteiger partial charge in [0, 0.05) is 6.04 Å². The number of carbonyl (C=O) groups excluding carboxylic acids is 2. The molecule has 0 fully saturated rings. The quantitative estimate of drug-likeness (QED) is 0.720. The molecule has 0 saturated carbocycles. The number of hydrogen-bond donors (Lipinski definition) is 0. The molecule has 0 aromatic carbocycles. The van der Waals surface area contributed by atoms with Gasteiger partial charge in [0.05, 0.1) is 20.5 Å². The molecule has 1 heterocycles. The molecule has 6 heteroatoms. The van der Waals surface area contributed by atoms with Gasteiger partial charge in [-0.15, -0.1) is 0 Å². The number of esters is 2. The maximum Gasteiger partial charge on any atom is 0.359 e. The molecule has 0 aliphatic heterocycles. The SMILES string of the molecule is COC(=O)c1ncn(C(C)C)c1C(=O)OC. The van der Waals surface area contributed by atoms with Gasteiger partial charge in [0.25, 0.3) is 0 Å². The van der Waals surface area contributed by atoms with Crippen molar-refractivity contribution in [1.29, 1.82) is 0 Å². The third-order valence-electron chi connectivity index (χ3n) is 2.11. The van der Waals surface area contributed by atoms with Crippen LogP contribution in [0.4, 0.5) is 0 Å². The molecular weight excluding hydrogens is 212 g/mol. The average Bonchev–Trinajstić information content (AvgIpc) is 2.71. The molecule has 0 bridgehead atoms. The van der Waals surface area contributed by atoms with E-state index in [1.807, 2.05) is 13.8 Å². The van der Waals surface area contributed by atoms with Crippen LogP contribution in [-0.2, 0) is 9.47 Å². The van der Waals surface area contributed by atoms with Crippen molar-refractivity contribution >= 4 is 11.9 Å². The lowest BCUT2D eigenvalue weighted by atomic mass is 10.3. The highest BCUT2D eigenvalue weighted by Crippen LogP contribution is 2.15. The van der Waals surface area contributed by atoms with Gasteiger partial charge in [-0.1, -0.05) is 0 Å². The maximum absolute atomic E-state index is 11.6. The highest BCUT2D eigenvalue weighted by Gasteiger charge is 2.25. The van der Waals surface area contributed by atoms with Crippen molar-refractivity contribution in [3.63, 3.8) is 0 Å². The van der Waals surface area contributed by atoms with Gasteiger partial charge in [-0.3, -0.25) is 0 Å². The van der Waals surface area contributed by atoms with Gasteiger partial charge in [-0.2, -0.15) is 0 Å². The van der Waals surface area contributed by atoms with Crippen LogP contribution in [0, 0.1) is 0 Å². The summed E-state index contributed by atoms with van der Waals surface area (Å²) >= 11 is 0. The normalized spacial score (nSPS) is 10.3. The predicted molar refractivity (Wildman–Crippen MR) is 55.3 cm³/mol. The third kappa shape index (κ3) is 2.05. The van der Waals surface area contributed by atoms with Crippen LogP contribution in [-0.4, -0.2) is 35.7 Å². The minimum atomic E-state index is -0.653. The number of methoxy groups -OCH3 is 2. The van der Waals surface area contributed by atoms with Crippen molar-refractivity contribution in [2.45, 2.75) is 19.9 Å². The summed E-state index contributed by atoms with van der Waals surface area (Å²) in [7, 11) is 2.48. The molecule has 0 saturated heterocycles. The second-order valence-corrected chi connectivity index (χ2v) is 3.43. The largest absolute Gasteiger partial charge is 0.464 e. The summed E-state index contributed by atoms with van der Waals surface area (Å²) < 4.78 is 10.7. The van der Waals surface area contributed by atoms with Gasteiger partial charge in [-0.25, -0.2) is 14.6 Å². The molecule has 0 atom stereocenters. The van der Waals surface area contributed by atoms with Crippen molar-refractivity contribution in [1.82, 2.24) is 9.55 Å². The highest BCUT2D eigenvalue weighted by atomic mass is 16.5. The lowest BCUT2D eigenvalue weighted by Crippen LogP contribution is -2.16. The zero-order chi connectivity index (χ0) is 12.3. The molecule has 1 aromatic rings. The lowest BCUT2D eigenvalue weighted by Gasteiger charge is -2.10. The van der Waals surface area contributed by atoms with E-state index in [-0.39, 0.29) is 17.4 Å². The Labute approximate surface area is 93.2 Å². The summed E-state index contributed by atoms with van der Waals surface area (Å²) in [6.45, 7) is 3.74. The molecule has 0 spiro atoms. The Morgan fingerprint density at radius 2 is 1.81 bits per heavy atom. The summed E-state index contributed by atoms with van der Waals surface area (Å²) in [4.78, 5) is 26.8. The first-order chi connectivity index (χ1) is 7.52. The number of rotatable bonds is 3. The zero-order valence-electron chi connectivity index (χ0n) is 9.68. The molecule has 1 aromatic heterocycles. The molecule has 0 radical (unpaired) electrons. The summed E-state index contributed by atoms with van der Waals surface area (Å²) in [5.74, 6) is -1.26. The van der Waals surface area contributed by atoms with Crippen LogP contribution in [0.25, 0.3) is 0 Å². The number of aromatic nitrogens is 2. The summed E-state index contributed by atoms with van der Waals surface area (Å²) in [5, 5.41) is 0. The number of imidazole rings is 1. The van der Waals surface area contributed by atoms with Crippen molar-refractivity contribution in [2.24, 2.45) is 0 Å². The molecule has 16 heavy (non-hydrogen) atoms. The van der Waals surface area contributed by atoms with Crippen molar-refractivity contribution in [3.05, 3.63) is 17.7 Å². The third-order valence-corrected chi connectivity index (χ3v) is 2.11. The molecule has 0 N–H and O–H groups in total. The van der Waals surface area contributed by atoms with Crippen LogP contribution >= 0.6 is 0 Å². The monoisotopic (exact) mass is 226 g/mol. The molecule has 0 aliphatic carbocycles. The van der Waals surface area contributed by atoms with E-state index < -0.39 is 11.9 Å². The zero-order valence-corrected chi connectivity index (χ0v) is 9.68. The summed E-state index contributed by atoms with van der Waals surface area (Å²) in [6, 6.07) is 0.00000567. The second kappa shape index (κ2) is 4.78. The van der Waals surface area contributed by atoms with E-state index in [0.717, 1.165) is 0 Å². The molecule has 1 rings (SSSR count). The van der Waals surface area contributed by atoms with E-state index in [9.17, 15) is 9.59 Å². The Hall–Kier alpha value is -1.85. The van der Waals surface area contributed by atoms with E-state index in [4.69, 9.17) is 0 Å². The van der Waals surface area contributed by atoms with E-state index in [2.05, 4.69) is 14.5 Å². The van der Waals surface area contributed by atoms with Gasteiger partial charge in [0.15, 0.2) is 11.4 Å². The van der Waals surface area contributed by atoms with E-state index >= 15 is 0 Å². The first kappa shape index (κ1) is 12.2. The topological polar surface area (TPSA) is 70.4 Å². The average molecular weight is 226 g/mol. The fourth-order valence-electron chi connectivity index (χ4n) is 1.30. The predicted octanol–water partition coefficient (Wildman–Crippen LogP) is 1.04. The van der Waals surface area contributed by atoms with Gasteiger partial charge in [-0.05, 0) is 13.8 Å². The van der Waals surface area contributed by atoms with E-state index in [1.165, 1.54) is 20.5 Å². The fourth-order valence-corrected chi connectivity index (χ4v) is 1.30. The molecule has 88 valence electrons. The van der Waals surface area contributed by atoms with Crippen LogP contribution in [0.2, 0.25) is 0 Å². The standard InChI is InChI=1S/C10H14N2O4/c1-6(2)12-5-11-7(9(13)15-3)8(12)10(14)16-4/h5-6H,1-4H3. The Morgan fingerprint density at radius 1 is 1.25 bits per heavy atom. The molecular formula is C10H14N2O4. The minimum absolute atomic E-state index is 0.00000567. The van der Waals surface area contributed by atoms with Crippen LogP contribution in [0.3, 0.4) is 0 Å². The molecule has 0 amide bonds. The lowest BCUT2D eigenvalue weighted by molar-refractivity contribution is 0.0542. The molecule has 0 aliphatic rings. The second-order valence-electron chi connectivity index (χ2n) is 3.43. The van der Waals surface area contributed by atoms with Gasteiger partial charge >= 0.3 is 11.9 Å². The van der Waals surface area contributed by atoms with Crippen molar-refractivity contribution in [3.8, 4) is 0 Å². The van der Waals surface area contributed by atoms with Crippen LogP contribution in [0.1, 0.15) is 40.9 Å². The Morgan fingerprint density at radius 3 is 2.25 bits per heavy atom. The van der Waals surface area contributed by atoms with Crippen molar-refractivity contribution < 1.29 is 19.1 Å². The van der Waals surface area contributed by atoms with Gasteiger partial charge in [0.2, 0.25) is 0 Å². The Bertz CT molecular complexity index is 409. The number of ether oxygens (including phenoxy) is 2. The van der Waals surface area contributed by atoms with E-state index in [1.54, 1.807) is 4.57 Å². The number of hydrogen-bond acceptors (Lipinski definition) is 5. The van der Waals surface area contributed by atoms with Crippen molar-refractivity contribution in [2.75, 3.05) is 14.2 Å². The molecule has 6 nitrogen and oxygen atoms in total. The van der Waals surface area contributed by atoms with Crippen LogP contribution < -0.4 is 0 Å². The van der Waals surface area contributed by atoms with Gasteiger partial charge in [0.1, 0.15) is 0 Å². The fraction of sp³-hybridized carbons (Fsp3) is 0.500. The number of nitrogens with zero attached hydrogens (tertiary/aromatic N) is 2.